The van der Waals surface area contributed by atoms with Gasteiger partial charge >= 0.3 is 5.97 Å². The van der Waals surface area contributed by atoms with Gasteiger partial charge in [-0.25, -0.2) is 38.1 Å². The number of rotatable bonds is 9. The van der Waals surface area contributed by atoms with Crippen LogP contribution in [0.25, 0.3) is 43.2 Å². The molecule has 0 radical (unpaired) electrons. The van der Waals surface area contributed by atoms with Gasteiger partial charge in [0.1, 0.15) is 35.4 Å². The van der Waals surface area contributed by atoms with Crippen LogP contribution >= 0.6 is 34.5 Å². The largest absolute Gasteiger partial charge is 0.487 e. The van der Waals surface area contributed by atoms with Gasteiger partial charge < -0.3 is 24.2 Å². The average molecular weight is 997 g/mol. The van der Waals surface area contributed by atoms with Crippen molar-refractivity contribution in [1.82, 2.24) is 29.7 Å². The number of likely N-dealkylation sites (N-methyl/N-ethyl adjacent to an activating group) is 1. The normalized spacial score (nSPS) is 17.8. The Bertz CT molecular complexity index is 3140. The first kappa shape index (κ1) is 47.3. The van der Waals surface area contributed by atoms with E-state index in [1.54, 1.807) is 48.7 Å². The molecule has 3 aliphatic heterocycles. The number of hydrogen-bond donors (Lipinski definition) is 2. The van der Waals surface area contributed by atoms with Crippen molar-refractivity contribution in [3.05, 3.63) is 129 Å². The number of benzene rings is 4. The van der Waals surface area contributed by atoms with Gasteiger partial charge in [-0.2, -0.15) is 0 Å². The Morgan fingerprint density at radius 2 is 1.71 bits per heavy atom. The molecule has 2 N–H and O–H groups in total. The van der Waals surface area contributed by atoms with Crippen LogP contribution in [0.15, 0.2) is 90.2 Å². The quantitative estimate of drug-likeness (QED) is 0.141. The molecule has 1 fully saturated rings. The first-order valence-corrected chi connectivity index (χ1v) is 25.6. The van der Waals surface area contributed by atoms with Crippen molar-refractivity contribution in [2.45, 2.75) is 56.8 Å². The Hall–Kier alpha value is -5.75. The summed E-state index contributed by atoms with van der Waals surface area (Å²) in [7, 11) is -0.969. The van der Waals surface area contributed by atoms with Crippen LogP contribution in [0.5, 0.6) is 17.4 Å². The molecule has 3 atom stereocenters. The monoisotopic (exact) mass is 995 g/mol. The van der Waals surface area contributed by atoms with Crippen LogP contribution in [0, 0.1) is 24.4 Å². The number of thiophene rings is 1. The molecule has 0 spiro atoms. The predicted octanol–water partition coefficient (Wildman–Crippen LogP) is 10.2. The van der Waals surface area contributed by atoms with E-state index < -0.39 is 27.6 Å². The Kier molecular flexibility index (Phi) is 13.7. The van der Waals surface area contributed by atoms with E-state index in [9.17, 15) is 18.5 Å². The topological polar surface area (TPSA) is 164 Å². The van der Waals surface area contributed by atoms with E-state index in [-0.39, 0.29) is 25.0 Å². The highest BCUT2D eigenvalue weighted by molar-refractivity contribution is 7.91. The number of halogens is 3. The molecular formula is C50H48Cl2FN7O6S2. The van der Waals surface area contributed by atoms with Crippen LogP contribution in [0.4, 0.5) is 4.39 Å². The van der Waals surface area contributed by atoms with Gasteiger partial charge in [-0.3, -0.25) is 4.90 Å². The number of piperazine rings is 1. The first-order valence-electron chi connectivity index (χ1n) is 22.0. The lowest BCUT2D eigenvalue weighted by Gasteiger charge is -2.35. The van der Waals surface area contributed by atoms with Crippen molar-refractivity contribution >= 4 is 60.5 Å². The maximum Gasteiger partial charge on any atom is 0.345 e. The van der Waals surface area contributed by atoms with E-state index in [2.05, 4.69) is 31.8 Å². The fourth-order valence-electron chi connectivity index (χ4n) is 8.81. The molecule has 18 heteroatoms. The highest BCUT2D eigenvalue weighted by Gasteiger charge is 2.32. The third-order valence-electron chi connectivity index (χ3n) is 12.4. The second-order valence-corrected chi connectivity index (χ2v) is 21.1. The SMILES string of the molecule is Cc1c(Cl)c2c(Cl)c(C)c1-c1c(-c3ccc(F)cc3)sc3ncnc(c13)O[C@@H](C(=O)O)Cc1cc(ccc1OCc1ccnc(-c3ccccc3S(C)(=N)=O)n1)CCC(CN1CCN(C)CC1)O2. The summed E-state index contributed by atoms with van der Waals surface area (Å²) in [5.41, 5.74) is 5.80. The molecule has 7 aromatic rings. The minimum Gasteiger partial charge on any atom is -0.487 e. The van der Waals surface area contributed by atoms with Crippen molar-refractivity contribution in [3.63, 3.8) is 0 Å². The molecule has 13 nitrogen and oxygen atoms in total. The summed E-state index contributed by atoms with van der Waals surface area (Å²) < 4.78 is 55.4. The number of carbonyl (C=O) groups is 1. The number of fused-ring (bicyclic) bond motifs is 7. The van der Waals surface area contributed by atoms with E-state index in [1.165, 1.54) is 36.1 Å². The molecule has 1 saturated heterocycles. The number of aliphatic carboxylic acids is 1. The number of carboxylic acid groups (broad SMARTS) is 1. The Labute approximate surface area is 407 Å². The van der Waals surface area contributed by atoms with Gasteiger partial charge in [-0.15, -0.1) is 11.3 Å². The summed E-state index contributed by atoms with van der Waals surface area (Å²) in [6, 6.07) is 20.4. The third kappa shape index (κ3) is 9.89. The Balaban J connectivity index is 1.16. The lowest BCUT2D eigenvalue weighted by molar-refractivity contribution is -0.145. The lowest BCUT2D eigenvalue weighted by Crippen LogP contribution is -2.48. The molecule has 3 aromatic heterocycles. The minimum atomic E-state index is -3.08. The Morgan fingerprint density at radius 1 is 0.971 bits per heavy atom. The second kappa shape index (κ2) is 19.7. The van der Waals surface area contributed by atoms with Crippen LogP contribution in [0.2, 0.25) is 10.0 Å². The lowest BCUT2D eigenvalue weighted by atomic mass is 9.92. The molecule has 352 valence electrons. The van der Waals surface area contributed by atoms with Gasteiger partial charge in [0, 0.05) is 67.6 Å². The summed E-state index contributed by atoms with van der Waals surface area (Å²) in [4.78, 5) is 37.9. The summed E-state index contributed by atoms with van der Waals surface area (Å²) >= 11 is 16.1. The highest BCUT2D eigenvalue weighted by Crippen LogP contribution is 2.53. The van der Waals surface area contributed by atoms with Gasteiger partial charge in [0.15, 0.2) is 11.6 Å². The molecule has 0 aliphatic carbocycles. The summed E-state index contributed by atoms with van der Waals surface area (Å²) in [6.45, 7) is 7.98. The van der Waals surface area contributed by atoms with Crippen LogP contribution in [-0.4, -0.2) is 103 Å². The Morgan fingerprint density at radius 3 is 2.43 bits per heavy atom. The van der Waals surface area contributed by atoms with E-state index in [1.807, 2.05) is 32.0 Å². The maximum atomic E-state index is 14.4. The van der Waals surface area contributed by atoms with Gasteiger partial charge in [-0.1, -0.05) is 59.6 Å². The molecule has 10 rings (SSSR count). The van der Waals surface area contributed by atoms with Crippen molar-refractivity contribution in [1.29, 1.82) is 4.78 Å². The van der Waals surface area contributed by atoms with Crippen molar-refractivity contribution in [2.75, 3.05) is 46.0 Å². The second-order valence-electron chi connectivity index (χ2n) is 17.2. The third-order valence-corrected chi connectivity index (χ3v) is 15.7. The number of nitrogens with one attached hydrogen (secondary N) is 1. The number of hydrogen-bond acceptors (Lipinski definition) is 13. The fourth-order valence-corrected chi connectivity index (χ4v) is 11.4. The van der Waals surface area contributed by atoms with Gasteiger partial charge in [0.05, 0.1) is 35.7 Å². The van der Waals surface area contributed by atoms with E-state index in [0.29, 0.717) is 111 Å². The van der Waals surface area contributed by atoms with Gasteiger partial charge in [0.2, 0.25) is 12.0 Å². The molecule has 4 aromatic carbocycles. The smallest absolute Gasteiger partial charge is 0.345 e. The molecule has 0 amide bonds. The number of aromatic nitrogens is 4. The molecule has 3 aliphatic rings. The standard InChI is InChI=1S/C50H48Cl2FN7O6S2/c1-28-40-29(2)44(52)45(43(28)51)65-35(25-60-21-19-59(3)20-22-60)15-9-30-10-16-37(64-26-34-17-18-55-47(58-34)36-7-5-6-8-39(36)68(4,54)63)32(23-30)24-38(50(61)62)66-48-42-41(40)46(67-49(42)57-27-56-48)31-11-13-33(53)14-12-31/h5-8,10-14,16-18,23,27,35,38,54H,9,15,19-22,24-26H2,1-4H3,(H,61,62)/t35?,38-,68?/m1/s1. The summed E-state index contributed by atoms with van der Waals surface area (Å²) in [5, 5.41) is 12.0. The maximum absolute atomic E-state index is 14.4. The van der Waals surface area contributed by atoms with Crippen molar-refractivity contribution in [3.8, 4) is 50.3 Å². The molecule has 68 heavy (non-hydrogen) atoms. The fraction of sp³-hybridized carbons (Fsp3) is 0.300. The summed E-state index contributed by atoms with van der Waals surface area (Å²) in [5.74, 6) is -0.513. The molecule has 6 heterocycles. The summed E-state index contributed by atoms with van der Waals surface area (Å²) in [6.07, 6.45) is 3.49. The van der Waals surface area contributed by atoms with Crippen LogP contribution in [0.1, 0.15) is 34.4 Å². The zero-order valence-electron chi connectivity index (χ0n) is 37.7. The average Bonchev–Trinajstić information content (AvgIpc) is 3.71. The molecule has 0 saturated carbocycles. The molecule has 4 bridgehead atoms. The zero-order chi connectivity index (χ0) is 47.9. The van der Waals surface area contributed by atoms with Crippen LogP contribution in [0.3, 0.4) is 0 Å². The van der Waals surface area contributed by atoms with Crippen molar-refractivity contribution < 1.29 is 32.7 Å². The predicted molar refractivity (Wildman–Crippen MR) is 263 cm³/mol. The van der Waals surface area contributed by atoms with Gasteiger partial charge in [-0.05, 0) is 104 Å². The first-order chi connectivity index (χ1) is 32.6. The van der Waals surface area contributed by atoms with Crippen molar-refractivity contribution in [2.24, 2.45) is 0 Å². The number of ether oxygens (including phenoxy) is 3. The minimum absolute atomic E-state index is 0.0135. The van der Waals surface area contributed by atoms with Crippen LogP contribution < -0.4 is 14.2 Å². The van der Waals surface area contributed by atoms with E-state index >= 15 is 0 Å². The van der Waals surface area contributed by atoms with E-state index in [4.69, 9.17) is 47.2 Å². The molecular weight excluding hydrogens is 949 g/mol. The number of carboxylic acids is 1. The zero-order valence-corrected chi connectivity index (χ0v) is 40.9. The number of aryl methyl sites for hydroxylation is 1. The highest BCUT2D eigenvalue weighted by atomic mass is 35.5. The van der Waals surface area contributed by atoms with E-state index in [0.717, 1.165) is 31.7 Å². The van der Waals surface area contributed by atoms with Crippen LogP contribution in [-0.2, 0) is 34.0 Å². The molecule has 2 unspecified atom stereocenters. The van der Waals surface area contributed by atoms with Gasteiger partial charge in [0.25, 0.3) is 0 Å². The number of nitrogens with zero attached hydrogens (tertiary/aromatic N) is 6.